The fraction of sp³-hybridized carbons (Fsp3) is 0.0455. The van der Waals surface area contributed by atoms with E-state index in [0.717, 1.165) is 45.8 Å². The van der Waals surface area contributed by atoms with Gasteiger partial charge in [0.2, 0.25) is 0 Å². The Bertz CT molecular complexity index is 2340. The smallest absolute Gasteiger partial charge is 0.0562 e. The lowest BCUT2D eigenvalue weighted by molar-refractivity contribution is 1.06. The standard InChI is InChI=1S/C31H25N3.C13H13N/c1-2-22-14-17-28-30(31(22)33-25-10-4-3-5-11-25)27-18-23-8-6-7-9-24(23)19-29(27)34(28)26-15-12-21(20-32)13-16-26;14-13-9-5-4-8-12(13)10-11-6-2-1-3-7-11/h2-19,33H,1,20,32H2;1-9H,10,14H2. The molecule has 8 rings (SSSR count). The second kappa shape index (κ2) is 13.7. The number of benzene rings is 7. The summed E-state index contributed by atoms with van der Waals surface area (Å²) >= 11 is 0. The molecule has 48 heavy (non-hydrogen) atoms. The molecule has 0 saturated carbocycles. The molecular weight excluding hydrogens is 585 g/mol. The predicted molar refractivity (Wildman–Crippen MR) is 206 cm³/mol. The van der Waals surface area contributed by atoms with Crippen molar-refractivity contribution in [2.75, 3.05) is 11.1 Å². The molecule has 7 aromatic carbocycles. The van der Waals surface area contributed by atoms with Gasteiger partial charge in [-0.2, -0.15) is 0 Å². The summed E-state index contributed by atoms with van der Waals surface area (Å²) in [7, 11) is 0. The number of aromatic nitrogens is 1. The molecule has 0 saturated heterocycles. The third kappa shape index (κ3) is 6.17. The van der Waals surface area contributed by atoms with Gasteiger partial charge < -0.3 is 21.4 Å². The zero-order valence-corrected chi connectivity index (χ0v) is 26.8. The fourth-order valence-electron chi connectivity index (χ4n) is 6.35. The summed E-state index contributed by atoms with van der Waals surface area (Å²) in [4.78, 5) is 0. The van der Waals surface area contributed by atoms with Crippen LogP contribution in [0.15, 0.2) is 164 Å². The molecule has 1 aromatic heterocycles. The van der Waals surface area contributed by atoms with Crippen LogP contribution in [0.2, 0.25) is 0 Å². The number of nitrogens with zero attached hydrogens (tertiary/aromatic N) is 1. The van der Waals surface area contributed by atoms with Crippen molar-refractivity contribution in [1.82, 2.24) is 4.57 Å². The molecule has 0 aliphatic carbocycles. The van der Waals surface area contributed by atoms with Gasteiger partial charge in [0.15, 0.2) is 0 Å². The third-order valence-corrected chi connectivity index (χ3v) is 8.82. The molecular formula is C44H38N4. The van der Waals surface area contributed by atoms with E-state index in [9.17, 15) is 0 Å². The van der Waals surface area contributed by atoms with Crippen molar-refractivity contribution < 1.29 is 0 Å². The molecule has 0 atom stereocenters. The van der Waals surface area contributed by atoms with Crippen LogP contribution in [-0.2, 0) is 13.0 Å². The van der Waals surface area contributed by atoms with Crippen LogP contribution < -0.4 is 16.8 Å². The van der Waals surface area contributed by atoms with Crippen LogP contribution in [0.1, 0.15) is 22.3 Å². The van der Waals surface area contributed by atoms with Crippen LogP contribution in [0.25, 0.3) is 44.3 Å². The minimum atomic E-state index is 0.534. The topological polar surface area (TPSA) is 69.0 Å². The quantitative estimate of drug-likeness (QED) is 0.155. The van der Waals surface area contributed by atoms with Crippen LogP contribution >= 0.6 is 0 Å². The number of hydrogen-bond acceptors (Lipinski definition) is 3. The van der Waals surface area contributed by atoms with E-state index in [4.69, 9.17) is 11.5 Å². The van der Waals surface area contributed by atoms with Gasteiger partial charge in [-0.25, -0.2) is 0 Å². The van der Waals surface area contributed by atoms with Gasteiger partial charge >= 0.3 is 0 Å². The summed E-state index contributed by atoms with van der Waals surface area (Å²) in [5, 5.41) is 8.53. The molecule has 0 unspecified atom stereocenters. The average molecular weight is 623 g/mol. The molecule has 4 nitrogen and oxygen atoms in total. The minimum Gasteiger partial charge on any atom is -0.398 e. The van der Waals surface area contributed by atoms with Crippen molar-refractivity contribution in [3.05, 3.63) is 187 Å². The first-order valence-electron chi connectivity index (χ1n) is 16.2. The lowest BCUT2D eigenvalue weighted by atomic mass is 10.0. The molecule has 0 aliphatic heterocycles. The van der Waals surface area contributed by atoms with E-state index >= 15 is 0 Å². The van der Waals surface area contributed by atoms with Crippen molar-refractivity contribution in [3.8, 4) is 5.69 Å². The van der Waals surface area contributed by atoms with E-state index < -0.39 is 0 Å². The van der Waals surface area contributed by atoms with Gasteiger partial charge in [-0.05, 0) is 88.0 Å². The maximum absolute atomic E-state index is 5.87. The number of nitrogens with one attached hydrogen (secondary N) is 1. The van der Waals surface area contributed by atoms with Gasteiger partial charge in [-0.15, -0.1) is 0 Å². The molecule has 0 fully saturated rings. The number of nitrogen functional groups attached to an aromatic ring is 1. The Kier molecular flexibility index (Phi) is 8.73. The molecule has 1 heterocycles. The number of anilines is 3. The average Bonchev–Trinajstić information content (AvgIpc) is 3.46. The van der Waals surface area contributed by atoms with Crippen LogP contribution in [0, 0.1) is 0 Å². The second-order valence-corrected chi connectivity index (χ2v) is 11.9. The Morgan fingerprint density at radius 1 is 0.625 bits per heavy atom. The van der Waals surface area contributed by atoms with Crippen LogP contribution in [0.3, 0.4) is 0 Å². The Labute approximate surface area is 281 Å². The number of para-hydroxylation sites is 2. The highest BCUT2D eigenvalue weighted by molar-refractivity contribution is 6.19. The maximum atomic E-state index is 5.87. The van der Waals surface area contributed by atoms with Gasteiger partial charge in [0.1, 0.15) is 0 Å². The molecule has 0 spiro atoms. The first-order valence-corrected chi connectivity index (χ1v) is 16.2. The molecule has 234 valence electrons. The van der Waals surface area contributed by atoms with Crippen molar-refractivity contribution in [2.45, 2.75) is 13.0 Å². The molecule has 4 heteroatoms. The monoisotopic (exact) mass is 622 g/mol. The van der Waals surface area contributed by atoms with Crippen LogP contribution in [0.4, 0.5) is 17.1 Å². The summed E-state index contributed by atoms with van der Waals surface area (Å²) in [6.45, 7) is 4.63. The Hall–Kier alpha value is -6.10. The lowest BCUT2D eigenvalue weighted by Gasteiger charge is -2.13. The van der Waals surface area contributed by atoms with E-state index in [2.05, 4.69) is 132 Å². The minimum absolute atomic E-state index is 0.534. The summed E-state index contributed by atoms with van der Waals surface area (Å²) < 4.78 is 2.35. The first kappa shape index (κ1) is 30.5. The zero-order chi connectivity index (χ0) is 32.9. The summed E-state index contributed by atoms with van der Waals surface area (Å²) in [6.07, 6.45) is 2.83. The summed E-state index contributed by atoms with van der Waals surface area (Å²) in [5.41, 5.74) is 22.8. The number of nitrogens with two attached hydrogens (primary N) is 2. The van der Waals surface area contributed by atoms with Gasteiger partial charge in [-0.3, -0.25) is 0 Å². The predicted octanol–water partition coefficient (Wildman–Crippen LogP) is 10.6. The Balaban J connectivity index is 0.000000218. The molecule has 5 N–H and O–H groups in total. The van der Waals surface area contributed by atoms with Crippen molar-refractivity contribution in [3.63, 3.8) is 0 Å². The molecule has 0 aliphatic rings. The maximum Gasteiger partial charge on any atom is 0.0562 e. The lowest BCUT2D eigenvalue weighted by Crippen LogP contribution is -1.98. The van der Waals surface area contributed by atoms with Crippen molar-refractivity contribution in [2.24, 2.45) is 5.73 Å². The van der Waals surface area contributed by atoms with Gasteiger partial charge in [0.25, 0.3) is 0 Å². The fourth-order valence-corrected chi connectivity index (χ4v) is 6.35. The highest BCUT2D eigenvalue weighted by atomic mass is 15.0. The number of fused-ring (bicyclic) bond motifs is 4. The highest BCUT2D eigenvalue weighted by Gasteiger charge is 2.18. The first-order chi connectivity index (χ1) is 23.6. The Morgan fingerprint density at radius 2 is 1.27 bits per heavy atom. The van der Waals surface area contributed by atoms with Crippen molar-refractivity contribution >= 4 is 55.7 Å². The van der Waals surface area contributed by atoms with E-state index in [1.54, 1.807) is 0 Å². The van der Waals surface area contributed by atoms with Crippen LogP contribution in [0.5, 0.6) is 0 Å². The largest absolute Gasteiger partial charge is 0.398 e. The van der Waals surface area contributed by atoms with E-state index in [0.29, 0.717) is 6.54 Å². The number of rotatable bonds is 7. The number of hydrogen-bond donors (Lipinski definition) is 3. The van der Waals surface area contributed by atoms with Gasteiger partial charge in [-0.1, -0.05) is 122 Å². The van der Waals surface area contributed by atoms with Gasteiger partial charge in [0.05, 0.1) is 16.7 Å². The molecule has 0 radical (unpaired) electrons. The molecule has 0 bridgehead atoms. The zero-order valence-electron chi connectivity index (χ0n) is 26.8. The SMILES string of the molecule is C=Cc1ccc2c(c1Nc1ccccc1)c1cc3ccccc3cc1n2-c1ccc(CN)cc1.Nc1ccccc1Cc1ccccc1. The summed E-state index contributed by atoms with van der Waals surface area (Å²) in [6, 6.07) is 54.7. The van der Waals surface area contributed by atoms with E-state index in [1.807, 2.05) is 48.5 Å². The molecule has 8 aromatic rings. The van der Waals surface area contributed by atoms with Gasteiger partial charge in [0, 0.05) is 34.4 Å². The highest BCUT2D eigenvalue weighted by Crippen LogP contribution is 2.41. The van der Waals surface area contributed by atoms with Crippen molar-refractivity contribution in [1.29, 1.82) is 0 Å². The van der Waals surface area contributed by atoms with Crippen LogP contribution in [-0.4, -0.2) is 4.57 Å². The second-order valence-electron chi connectivity index (χ2n) is 11.9. The Morgan fingerprint density at radius 3 is 1.96 bits per heavy atom. The summed E-state index contributed by atoms with van der Waals surface area (Å²) in [5.74, 6) is 0. The van der Waals surface area contributed by atoms with E-state index in [1.165, 1.54) is 38.2 Å². The molecule has 0 amide bonds. The third-order valence-electron chi connectivity index (χ3n) is 8.82. The normalized spacial score (nSPS) is 10.9. The van der Waals surface area contributed by atoms with E-state index in [-0.39, 0.29) is 0 Å².